The number of nitrogens with one attached hydrogen (secondary N) is 2. The number of aryl methyl sites for hydroxylation is 1. The molecule has 0 saturated carbocycles. The molecule has 0 saturated heterocycles. The molecule has 8 nitrogen and oxygen atoms in total. The molecule has 36 heavy (non-hydrogen) atoms. The zero-order valence-corrected chi connectivity index (χ0v) is 20.5. The van der Waals surface area contributed by atoms with Crippen LogP contribution in [-0.2, 0) is 11.3 Å². The van der Waals surface area contributed by atoms with Crippen molar-refractivity contribution in [3.8, 4) is 11.4 Å². The van der Waals surface area contributed by atoms with Gasteiger partial charge in [-0.3, -0.25) is 14.2 Å². The minimum Gasteiger partial charge on any atom is -0.497 e. The van der Waals surface area contributed by atoms with Crippen LogP contribution in [0.15, 0.2) is 78.0 Å². The van der Waals surface area contributed by atoms with Gasteiger partial charge in [0.15, 0.2) is 11.0 Å². The Labute approximate surface area is 211 Å². The first-order chi connectivity index (χ1) is 17.4. The lowest BCUT2D eigenvalue weighted by atomic mass is 10.2. The molecule has 0 atom stereocenters. The van der Waals surface area contributed by atoms with Gasteiger partial charge >= 0.3 is 0 Å². The Morgan fingerprint density at radius 3 is 2.61 bits per heavy atom. The third-order valence-corrected chi connectivity index (χ3v) is 6.11. The highest BCUT2D eigenvalue weighted by Gasteiger charge is 2.18. The van der Waals surface area contributed by atoms with Gasteiger partial charge in [-0.25, -0.2) is 4.39 Å². The number of para-hydroxylation sites is 1. The topological polar surface area (TPSA) is 98.1 Å². The number of halogens is 1. The van der Waals surface area contributed by atoms with Crippen LogP contribution < -0.4 is 15.4 Å². The van der Waals surface area contributed by atoms with Crippen LogP contribution >= 0.6 is 11.8 Å². The second kappa shape index (κ2) is 11.5. The van der Waals surface area contributed by atoms with Crippen LogP contribution in [0.3, 0.4) is 0 Å². The van der Waals surface area contributed by atoms with Crippen molar-refractivity contribution in [3.05, 3.63) is 95.6 Å². The first-order valence-corrected chi connectivity index (χ1v) is 12.0. The molecule has 184 valence electrons. The highest BCUT2D eigenvalue weighted by molar-refractivity contribution is 7.99. The maximum absolute atomic E-state index is 13.9. The largest absolute Gasteiger partial charge is 0.497 e. The number of amides is 2. The Kier molecular flexibility index (Phi) is 7.96. The SMILES string of the molecule is COc1cccc(C(=O)NCc2nnc(SCC(=O)Nc3ccccc3F)n2-c2cccc(C)c2)c1. The molecule has 3 aromatic carbocycles. The second-order valence-electron chi connectivity index (χ2n) is 7.80. The average Bonchev–Trinajstić information content (AvgIpc) is 3.30. The van der Waals surface area contributed by atoms with E-state index in [1.165, 1.54) is 19.2 Å². The highest BCUT2D eigenvalue weighted by atomic mass is 32.2. The third kappa shape index (κ3) is 6.08. The van der Waals surface area contributed by atoms with Crippen molar-refractivity contribution in [1.29, 1.82) is 0 Å². The summed E-state index contributed by atoms with van der Waals surface area (Å²) in [5, 5.41) is 14.4. The zero-order chi connectivity index (χ0) is 25.5. The van der Waals surface area contributed by atoms with Gasteiger partial charge in [0.2, 0.25) is 5.91 Å². The predicted molar refractivity (Wildman–Crippen MR) is 136 cm³/mol. The van der Waals surface area contributed by atoms with E-state index in [2.05, 4.69) is 20.8 Å². The number of anilines is 1. The van der Waals surface area contributed by atoms with Crippen LogP contribution in [0.25, 0.3) is 5.69 Å². The van der Waals surface area contributed by atoms with Gasteiger partial charge < -0.3 is 15.4 Å². The van der Waals surface area contributed by atoms with Crippen LogP contribution in [0.4, 0.5) is 10.1 Å². The van der Waals surface area contributed by atoms with E-state index in [0.717, 1.165) is 23.0 Å². The predicted octanol–water partition coefficient (Wildman–Crippen LogP) is 4.38. The number of ether oxygens (including phenoxy) is 1. The fourth-order valence-electron chi connectivity index (χ4n) is 3.44. The number of benzene rings is 3. The molecule has 1 heterocycles. The number of rotatable bonds is 9. The van der Waals surface area contributed by atoms with Gasteiger partial charge in [-0.2, -0.15) is 0 Å². The van der Waals surface area contributed by atoms with Crippen LogP contribution in [-0.4, -0.2) is 39.4 Å². The molecule has 1 aromatic heterocycles. The first kappa shape index (κ1) is 24.9. The maximum atomic E-state index is 13.9. The van der Waals surface area contributed by atoms with Crippen LogP contribution in [0.5, 0.6) is 5.75 Å². The van der Waals surface area contributed by atoms with Gasteiger partial charge in [0.05, 0.1) is 25.1 Å². The normalized spacial score (nSPS) is 10.6. The van der Waals surface area contributed by atoms with Gasteiger partial charge in [0, 0.05) is 11.3 Å². The van der Waals surface area contributed by atoms with Crippen LogP contribution in [0.2, 0.25) is 0 Å². The van der Waals surface area contributed by atoms with E-state index in [1.807, 2.05) is 31.2 Å². The molecular weight excluding hydrogens is 481 g/mol. The van der Waals surface area contributed by atoms with Crippen LogP contribution in [0, 0.1) is 12.7 Å². The molecule has 0 bridgehead atoms. The summed E-state index contributed by atoms with van der Waals surface area (Å²) in [6, 6.07) is 20.5. The number of carbonyl (C=O) groups excluding carboxylic acids is 2. The fourth-order valence-corrected chi connectivity index (χ4v) is 4.21. The third-order valence-electron chi connectivity index (χ3n) is 5.18. The van der Waals surface area contributed by atoms with Crippen molar-refractivity contribution in [2.45, 2.75) is 18.6 Å². The van der Waals surface area contributed by atoms with E-state index in [4.69, 9.17) is 4.74 Å². The van der Waals surface area contributed by atoms with Gasteiger partial charge in [-0.1, -0.05) is 42.1 Å². The number of carbonyl (C=O) groups is 2. The Balaban J connectivity index is 1.51. The number of aromatic nitrogens is 3. The van der Waals surface area contributed by atoms with Gasteiger partial charge in [-0.05, 0) is 55.0 Å². The first-order valence-electron chi connectivity index (χ1n) is 11.1. The summed E-state index contributed by atoms with van der Waals surface area (Å²) in [4.78, 5) is 25.1. The molecular formula is C26H24FN5O3S. The van der Waals surface area contributed by atoms with Crippen molar-refractivity contribution < 1.29 is 18.7 Å². The second-order valence-corrected chi connectivity index (χ2v) is 8.75. The fraction of sp³-hybridized carbons (Fsp3) is 0.154. The van der Waals surface area contributed by atoms with Gasteiger partial charge in [-0.15, -0.1) is 10.2 Å². The molecule has 0 aliphatic carbocycles. The van der Waals surface area contributed by atoms with E-state index >= 15 is 0 Å². The summed E-state index contributed by atoms with van der Waals surface area (Å²) in [7, 11) is 1.54. The molecule has 2 amide bonds. The summed E-state index contributed by atoms with van der Waals surface area (Å²) < 4.78 is 20.8. The van der Waals surface area contributed by atoms with Crippen molar-refractivity contribution in [3.63, 3.8) is 0 Å². The molecule has 0 spiro atoms. The van der Waals surface area contributed by atoms with Gasteiger partial charge in [0.1, 0.15) is 11.6 Å². The molecule has 10 heteroatoms. The monoisotopic (exact) mass is 505 g/mol. The zero-order valence-electron chi connectivity index (χ0n) is 19.7. The molecule has 2 N–H and O–H groups in total. The Morgan fingerprint density at radius 1 is 1.03 bits per heavy atom. The smallest absolute Gasteiger partial charge is 0.251 e. The lowest BCUT2D eigenvalue weighted by Crippen LogP contribution is -2.24. The lowest BCUT2D eigenvalue weighted by Gasteiger charge is -2.12. The van der Waals surface area contributed by atoms with E-state index < -0.39 is 5.82 Å². The standard InChI is InChI=1S/C26H24FN5O3S/c1-17-7-5-9-19(13-17)32-23(15-28-25(34)18-8-6-10-20(14-18)35-2)30-31-26(32)36-16-24(33)29-22-12-4-3-11-21(22)27/h3-14H,15-16H2,1-2H3,(H,28,34)(H,29,33). The van der Waals surface area contributed by atoms with Crippen LogP contribution in [0.1, 0.15) is 21.7 Å². The Morgan fingerprint density at radius 2 is 1.83 bits per heavy atom. The minimum absolute atomic E-state index is 0.00550. The lowest BCUT2D eigenvalue weighted by molar-refractivity contribution is -0.113. The molecule has 0 aliphatic heterocycles. The Hall–Kier alpha value is -4.18. The summed E-state index contributed by atoms with van der Waals surface area (Å²) in [6.45, 7) is 2.08. The van der Waals surface area contributed by atoms with Crippen molar-refractivity contribution >= 4 is 29.3 Å². The van der Waals surface area contributed by atoms with Crippen molar-refractivity contribution in [2.24, 2.45) is 0 Å². The molecule has 4 rings (SSSR count). The molecule has 4 aromatic rings. The summed E-state index contributed by atoms with van der Waals surface area (Å²) in [5.74, 6) is -0.100. The van der Waals surface area contributed by atoms with E-state index in [1.54, 1.807) is 41.0 Å². The summed E-state index contributed by atoms with van der Waals surface area (Å²) in [5.41, 5.74) is 2.39. The summed E-state index contributed by atoms with van der Waals surface area (Å²) >= 11 is 1.16. The van der Waals surface area contributed by atoms with Crippen molar-refractivity contribution in [1.82, 2.24) is 20.1 Å². The molecule has 0 unspecified atom stereocenters. The number of thioether (sulfide) groups is 1. The Bertz CT molecular complexity index is 1390. The average molecular weight is 506 g/mol. The number of methoxy groups -OCH3 is 1. The molecule has 0 fully saturated rings. The van der Waals surface area contributed by atoms with E-state index in [9.17, 15) is 14.0 Å². The number of hydrogen-bond acceptors (Lipinski definition) is 6. The number of nitrogens with zero attached hydrogens (tertiary/aromatic N) is 3. The van der Waals surface area contributed by atoms with E-state index in [-0.39, 0.29) is 29.8 Å². The van der Waals surface area contributed by atoms with E-state index in [0.29, 0.717) is 22.3 Å². The van der Waals surface area contributed by atoms with Crippen molar-refractivity contribution in [2.75, 3.05) is 18.2 Å². The highest BCUT2D eigenvalue weighted by Crippen LogP contribution is 2.24. The maximum Gasteiger partial charge on any atom is 0.251 e. The minimum atomic E-state index is -0.507. The molecule has 0 radical (unpaired) electrons. The van der Waals surface area contributed by atoms with Gasteiger partial charge in [0.25, 0.3) is 5.91 Å². The molecule has 0 aliphatic rings. The number of hydrogen-bond donors (Lipinski definition) is 2. The summed E-state index contributed by atoms with van der Waals surface area (Å²) in [6.07, 6.45) is 0. The quantitative estimate of drug-likeness (QED) is 0.328.